The van der Waals surface area contributed by atoms with Gasteiger partial charge in [0.15, 0.2) is 0 Å². The average Bonchev–Trinajstić information content (AvgIpc) is 2.55. The summed E-state index contributed by atoms with van der Waals surface area (Å²) < 4.78 is 17.0. The Morgan fingerprint density at radius 2 is 1.66 bits per heavy atom. The zero-order valence-electron chi connectivity index (χ0n) is 18.6. The highest BCUT2D eigenvalue weighted by Gasteiger charge is 2.32. The first-order valence-electron chi connectivity index (χ1n) is 9.92. The number of rotatable bonds is 8. The number of carbonyl (C=O) groups excluding carboxylic acids is 2. The zero-order valence-corrected chi connectivity index (χ0v) is 19.4. The standard InChI is InChI=1S/C22H34ClNO5/c1-13(2)18(24-21(26)29-22(6,7)8)20(25)27-15(5)19(14(3)4)28-17-11-9-10-16(23)12-17/h9-15,18-19H,1-8H3,(H,24,26)/t15-,18-,19+/m0/s1. The minimum atomic E-state index is -0.828. The number of esters is 1. The first-order chi connectivity index (χ1) is 13.3. The fourth-order valence-electron chi connectivity index (χ4n) is 2.73. The maximum Gasteiger partial charge on any atom is 0.408 e. The molecule has 0 aliphatic heterocycles. The topological polar surface area (TPSA) is 73.9 Å². The summed E-state index contributed by atoms with van der Waals surface area (Å²) >= 11 is 6.02. The van der Waals surface area contributed by atoms with Crippen LogP contribution in [0.1, 0.15) is 55.4 Å². The normalized spacial score (nSPS) is 14.9. The quantitative estimate of drug-likeness (QED) is 0.575. The van der Waals surface area contributed by atoms with E-state index in [0.29, 0.717) is 10.8 Å². The van der Waals surface area contributed by atoms with Gasteiger partial charge in [-0.3, -0.25) is 0 Å². The first kappa shape index (κ1) is 25.1. The lowest BCUT2D eigenvalue weighted by Gasteiger charge is -2.30. The molecule has 0 radical (unpaired) electrons. The molecule has 164 valence electrons. The molecule has 0 unspecified atom stereocenters. The molecule has 0 fully saturated rings. The number of hydrogen-bond donors (Lipinski definition) is 1. The van der Waals surface area contributed by atoms with E-state index in [-0.39, 0.29) is 17.9 Å². The number of amides is 1. The molecule has 0 heterocycles. The van der Waals surface area contributed by atoms with Crippen molar-refractivity contribution >= 4 is 23.7 Å². The second kappa shape index (κ2) is 10.7. The van der Waals surface area contributed by atoms with E-state index in [1.807, 2.05) is 27.7 Å². The van der Waals surface area contributed by atoms with E-state index in [0.717, 1.165) is 0 Å². The van der Waals surface area contributed by atoms with Gasteiger partial charge in [-0.05, 0) is 57.7 Å². The Morgan fingerprint density at radius 1 is 1.03 bits per heavy atom. The van der Waals surface area contributed by atoms with Gasteiger partial charge in [-0.15, -0.1) is 0 Å². The van der Waals surface area contributed by atoms with Gasteiger partial charge in [0, 0.05) is 5.02 Å². The van der Waals surface area contributed by atoms with Crippen LogP contribution in [0.4, 0.5) is 4.79 Å². The van der Waals surface area contributed by atoms with Crippen molar-refractivity contribution in [1.82, 2.24) is 5.32 Å². The third-order valence-electron chi connectivity index (χ3n) is 4.08. The first-order valence-corrected chi connectivity index (χ1v) is 10.3. The molecule has 0 aliphatic rings. The lowest BCUT2D eigenvalue weighted by Crippen LogP contribution is -2.49. The molecule has 0 saturated heterocycles. The van der Waals surface area contributed by atoms with Gasteiger partial charge in [-0.2, -0.15) is 0 Å². The molecule has 0 bridgehead atoms. The Hall–Kier alpha value is -1.95. The number of hydrogen-bond acceptors (Lipinski definition) is 5. The number of halogens is 1. The lowest BCUT2D eigenvalue weighted by atomic mass is 10.0. The summed E-state index contributed by atoms with van der Waals surface area (Å²) in [5.41, 5.74) is -0.656. The van der Waals surface area contributed by atoms with Crippen LogP contribution in [0.3, 0.4) is 0 Å². The summed E-state index contributed by atoms with van der Waals surface area (Å²) in [6.07, 6.45) is -1.58. The molecular weight excluding hydrogens is 394 g/mol. The SMILES string of the molecule is CC(C)[C@H](NC(=O)OC(C)(C)C)C(=O)O[C@@H](C)[C@H](Oc1cccc(Cl)c1)C(C)C. The Morgan fingerprint density at radius 3 is 2.14 bits per heavy atom. The number of nitrogens with one attached hydrogen (secondary N) is 1. The van der Waals surface area contributed by atoms with Crippen LogP contribution in [-0.4, -0.2) is 35.9 Å². The number of benzene rings is 1. The average molecular weight is 428 g/mol. The summed E-state index contributed by atoms with van der Waals surface area (Å²) in [6.45, 7) is 14.7. The maximum absolute atomic E-state index is 12.8. The fourth-order valence-corrected chi connectivity index (χ4v) is 2.91. The van der Waals surface area contributed by atoms with Crippen LogP contribution in [0.5, 0.6) is 5.75 Å². The number of carbonyl (C=O) groups is 2. The van der Waals surface area contributed by atoms with Crippen LogP contribution in [0.15, 0.2) is 24.3 Å². The molecule has 1 aromatic carbocycles. The summed E-state index contributed by atoms with van der Waals surface area (Å²) in [7, 11) is 0. The van der Waals surface area contributed by atoms with Crippen LogP contribution in [0, 0.1) is 11.8 Å². The number of alkyl carbamates (subject to hydrolysis) is 1. The second-order valence-electron chi connectivity index (χ2n) is 8.79. The van der Waals surface area contributed by atoms with Crippen LogP contribution in [-0.2, 0) is 14.3 Å². The van der Waals surface area contributed by atoms with Crippen LogP contribution in [0.25, 0.3) is 0 Å². The third-order valence-corrected chi connectivity index (χ3v) is 4.32. The lowest BCUT2D eigenvalue weighted by molar-refractivity contribution is -0.157. The van der Waals surface area contributed by atoms with Crippen molar-refractivity contribution in [3.8, 4) is 5.75 Å². The third kappa shape index (κ3) is 8.94. The Balaban J connectivity index is 2.83. The summed E-state index contributed by atoms with van der Waals surface area (Å²) in [5, 5.41) is 3.18. The van der Waals surface area contributed by atoms with Crippen molar-refractivity contribution in [2.75, 3.05) is 0 Å². The van der Waals surface area contributed by atoms with Gasteiger partial charge < -0.3 is 19.5 Å². The molecule has 0 spiro atoms. The van der Waals surface area contributed by atoms with E-state index in [2.05, 4.69) is 5.32 Å². The predicted octanol–water partition coefficient (Wildman–Crippen LogP) is 5.22. The van der Waals surface area contributed by atoms with Gasteiger partial charge in [0.2, 0.25) is 0 Å². The zero-order chi connectivity index (χ0) is 22.4. The molecule has 0 saturated carbocycles. The number of ether oxygens (including phenoxy) is 3. The molecule has 6 nitrogen and oxygen atoms in total. The van der Waals surface area contributed by atoms with Crippen LogP contribution >= 0.6 is 11.6 Å². The van der Waals surface area contributed by atoms with Crippen LogP contribution < -0.4 is 10.1 Å². The van der Waals surface area contributed by atoms with Gasteiger partial charge in [-0.1, -0.05) is 45.4 Å². The second-order valence-corrected chi connectivity index (χ2v) is 9.23. The smallest absolute Gasteiger partial charge is 0.408 e. The maximum atomic E-state index is 12.8. The van der Waals surface area contributed by atoms with Gasteiger partial charge in [-0.25, -0.2) is 9.59 Å². The largest absolute Gasteiger partial charge is 0.486 e. The van der Waals surface area contributed by atoms with Crippen molar-refractivity contribution in [3.05, 3.63) is 29.3 Å². The van der Waals surface area contributed by atoms with Crippen molar-refractivity contribution < 1.29 is 23.8 Å². The molecule has 29 heavy (non-hydrogen) atoms. The molecule has 0 aliphatic carbocycles. The summed E-state index contributed by atoms with van der Waals surface area (Å²) in [4.78, 5) is 24.9. The fraction of sp³-hybridized carbons (Fsp3) is 0.636. The van der Waals surface area contributed by atoms with Crippen LogP contribution in [0.2, 0.25) is 5.02 Å². The molecule has 1 rings (SSSR count). The molecule has 1 N–H and O–H groups in total. The minimum absolute atomic E-state index is 0.0769. The van der Waals surface area contributed by atoms with Gasteiger partial charge >= 0.3 is 12.1 Å². The molecule has 1 aromatic rings. The molecule has 3 atom stereocenters. The van der Waals surface area contributed by atoms with Gasteiger partial charge in [0.05, 0.1) is 0 Å². The van der Waals surface area contributed by atoms with Gasteiger partial charge in [0.1, 0.15) is 29.6 Å². The molecular formula is C22H34ClNO5. The van der Waals surface area contributed by atoms with Crippen molar-refractivity contribution in [2.24, 2.45) is 11.8 Å². The Bertz CT molecular complexity index is 684. The monoisotopic (exact) mass is 427 g/mol. The van der Waals surface area contributed by atoms with E-state index in [1.165, 1.54) is 0 Å². The van der Waals surface area contributed by atoms with Crippen molar-refractivity contribution in [3.63, 3.8) is 0 Å². The highest BCUT2D eigenvalue weighted by atomic mass is 35.5. The van der Waals surface area contributed by atoms with E-state index >= 15 is 0 Å². The van der Waals surface area contributed by atoms with E-state index < -0.39 is 29.8 Å². The summed E-state index contributed by atoms with van der Waals surface area (Å²) in [5.74, 6) is -0.0215. The van der Waals surface area contributed by atoms with Crippen molar-refractivity contribution in [1.29, 1.82) is 0 Å². The highest BCUT2D eigenvalue weighted by Crippen LogP contribution is 2.23. The predicted molar refractivity (Wildman–Crippen MR) is 114 cm³/mol. The highest BCUT2D eigenvalue weighted by molar-refractivity contribution is 6.30. The minimum Gasteiger partial charge on any atom is -0.486 e. The van der Waals surface area contributed by atoms with E-state index in [9.17, 15) is 9.59 Å². The molecule has 0 aromatic heterocycles. The Labute approximate surface area is 179 Å². The van der Waals surface area contributed by atoms with Gasteiger partial charge in [0.25, 0.3) is 0 Å². The molecule has 7 heteroatoms. The molecule has 1 amide bonds. The van der Waals surface area contributed by atoms with Crippen molar-refractivity contribution in [2.45, 2.75) is 79.2 Å². The van der Waals surface area contributed by atoms with E-state index in [1.54, 1.807) is 52.0 Å². The van der Waals surface area contributed by atoms with E-state index in [4.69, 9.17) is 25.8 Å². The Kier molecular flexibility index (Phi) is 9.27. The summed E-state index contributed by atoms with van der Waals surface area (Å²) in [6, 6.07) is 6.25.